The first-order chi connectivity index (χ1) is 9.83. The zero-order valence-electron chi connectivity index (χ0n) is 12.2. The Morgan fingerprint density at radius 1 is 1.20 bits per heavy atom. The van der Waals surface area contributed by atoms with Crippen LogP contribution < -0.4 is 5.32 Å². The van der Waals surface area contributed by atoms with Gasteiger partial charge in [-0.25, -0.2) is 0 Å². The van der Waals surface area contributed by atoms with Crippen molar-refractivity contribution in [2.45, 2.75) is 32.7 Å². The predicted octanol–water partition coefficient (Wildman–Crippen LogP) is 3.12. The quantitative estimate of drug-likeness (QED) is 0.776. The van der Waals surface area contributed by atoms with Crippen LogP contribution in [-0.4, -0.2) is 23.2 Å². The minimum atomic E-state index is 0.287. The van der Waals surface area contributed by atoms with Gasteiger partial charge in [0.2, 0.25) is 0 Å². The molecule has 1 unspecified atom stereocenters. The summed E-state index contributed by atoms with van der Waals surface area (Å²) in [6.45, 7) is 4.34. The fourth-order valence-corrected chi connectivity index (χ4v) is 2.60. The number of aromatic nitrogens is 1. The van der Waals surface area contributed by atoms with Crippen LogP contribution in [0.4, 0.5) is 0 Å². The van der Waals surface area contributed by atoms with Crippen molar-refractivity contribution in [2.24, 2.45) is 5.92 Å². The van der Waals surface area contributed by atoms with Crippen LogP contribution in [0.15, 0.2) is 36.7 Å². The van der Waals surface area contributed by atoms with Crippen molar-refractivity contribution in [1.82, 2.24) is 10.3 Å². The summed E-state index contributed by atoms with van der Waals surface area (Å²) in [7, 11) is 0. The molecule has 0 fully saturated rings. The largest absolute Gasteiger partial charge is 0.396 e. The average molecular weight is 272 g/mol. The lowest BCUT2D eigenvalue weighted by molar-refractivity contribution is 0.248. The molecule has 3 nitrogen and oxygen atoms in total. The number of nitrogens with zero attached hydrogens (tertiary/aromatic N) is 1. The van der Waals surface area contributed by atoms with E-state index in [-0.39, 0.29) is 6.61 Å². The Morgan fingerprint density at radius 3 is 2.90 bits per heavy atom. The lowest BCUT2D eigenvalue weighted by Gasteiger charge is -2.15. The summed E-state index contributed by atoms with van der Waals surface area (Å²) >= 11 is 0. The van der Waals surface area contributed by atoms with Crippen LogP contribution in [0.25, 0.3) is 10.8 Å². The summed E-state index contributed by atoms with van der Waals surface area (Å²) < 4.78 is 0. The number of rotatable bonds is 8. The molecule has 1 aromatic heterocycles. The zero-order valence-corrected chi connectivity index (χ0v) is 12.2. The summed E-state index contributed by atoms with van der Waals surface area (Å²) in [5.74, 6) is 0.578. The number of hydrogen-bond acceptors (Lipinski definition) is 3. The van der Waals surface area contributed by atoms with Gasteiger partial charge in [0.1, 0.15) is 0 Å². The highest BCUT2D eigenvalue weighted by Gasteiger charge is 2.06. The molecule has 0 amide bonds. The third-order valence-corrected chi connectivity index (χ3v) is 3.70. The van der Waals surface area contributed by atoms with Gasteiger partial charge in [0.25, 0.3) is 0 Å². The van der Waals surface area contributed by atoms with Gasteiger partial charge >= 0.3 is 0 Å². The third kappa shape index (κ3) is 4.29. The first-order valence-corrected chi connectivity index (χ1v) is 7.47. The van der Waals surface area contributed by atoms with Crippen molar-refractivity contribution in [2.75, 3.05) is 13.2 Å². The van der Waals surface area contributed by atoms with Crippen molar-refractivity contribution in [1.29, 1.82) is 0 Å². The van der Waals surface area contributed by atoms with Gasteiger partial charge in [-0.3, -0.25) is 4.98 Å². The Hall–Kier alpha value is -1.45. The first kappa shape index (κ1) is 14.9. The molecule has 1 atom stereocenters. The second-order valence-corrected chi connectivity index (χ2v) is 5.36. The fraction of sp³-hybridized carbons (Fsp3) is 0.471. The first-order valence-electron chi connectivity index (χ1n) is 7.47. The van der Waals surface area contributed by atoms with E-state index in [1.54, 1.807) is 0 Å². The molecule has 3 heteroatoms. The topological polar surface area (TPSA) is 45.1 Å². The minimum absolute atomic E-state index is 0.287. The molecule has 108 valence electrons. The van der Waals surface area contributed by atoms with Gasteiger partial charge in [-0.05, 0) is 48.4 Å². The number of pyridine rings is 1. The molecule has 0 radical (unpaired) electrons. The van der Waals surface area contributed by atoms with E-state index in [9.17, 15) is 0 Å². The van der Waals surface area contributed by atoms with E-state index in [4.69, 9.17) is 5.11 Å². The van der Waals surface area contributed by atoms with Gasteiger partial charge < -0.3 is 10.4 Å². The Bertz CT molecular complexity index is 521. The van der Waals surface area contributed by atoms with Crippen molar-refractivity contribution in [3.63, 3.8) is 0 Å². The second-order valence-electron chi connectivity index (χ2n) is 5.36. The van der Waals surface area contributed by atoms with Gasteiger partial charge in [-0.2, -0.15) is 0 Å². The molecule has 0 saturated carbocycles. The summed E-state index contributed by atoms with van der Waals surface area (Å²) in [4.78, 5) is 4.13. The van der Waals surface area contributed by atoms with E-state index in [1.807, 2.05) is 18.5 Å². The molecule has 0 aliphatic rings. The predicted molar refractivity (Wildman–Crippen MR) is 83.6 cm³/mol. The Kier molecular flexibility index (Phi) is 5.96. The number of benzene rings is 1. The molecule has 2 rings (SSSR count). The maximum atomic E-state index is 9.06. The highest BCUT2D eigenvalue weighted by atomic mass is 16.3. The lowest BCUT2D eigenvalue weighted by Crippen LogP contribution is -2.23. The van der Waals surface area contributed by atoms with Crippen LogP contribution in [0.3, 0.4) is 0 Å². The normalized spacial score (nSPS) is 12.7. The maximum Gasteiger partial charge on any atom is 0.0434 e. The molecule has 0 bridgehead atoms. The third-order valence-electron chi connectivity index (χ3n) is 3.70. The van der Waals surface area contributed by atoms with E-state index in [0.29, 0.717) is 5.92 Å². The maximum absolute atomic E-state index is 9.06. The van der Waals surface area contributed by atoms with Crippen LogP contribution in [0.1, 0.15) is 31.7 Å². The average Bonchev–Trinajstić information content (AvgIpc) is 2.47. The zero-order chi connectivity index (χ0) is 14.2. The summed E-state index contributed by atoms with van der Waals surface area (Å²) in [5.41, 5.74) is 1.29. The van der Waals surface area contributed by atoms with Crippen LogP contribution in [0.2, 0.25) is 0 Å². The molecule has 20 heavy (non-hydrogen) atoms. The summed E-state index contributed by atoms with van der Waals surface area (Å²) in [6, 6.07) is 8.53. The molecule has 2 aromatic rings. The Morgan fingerprint density at radius 2 is 2.10 bits per heavy atom. The van der Waals surface area contributed by atoms with E-state index in [2.05, 4.69) is 35.4 Å². The lowest BCUT2D eigenvalue weighted by atomic mass is 10.00. The number of nitrogens with one attached hydrogen (secondary N) is 1. The molecule has 1 aromatic carbocycles. The molecular formula is C17H24N2O. The van der Waals surface area contributed by atoms with Gasteiger partial charge in [-0.1, -0.05) is 25.5 Å². The van der Waals surface area contributed by atoms with E-state index >= 15 is 0 Å². The van der Waals surface area contributed by atoms with Crippen molar-refractivity contribution >= 4 is 10.8 Å². The van der Waals surface area contributed by atoms with Gasteiger partial charge in [0.05, 0.1) is 0 Å². The highest BCUT2D eigenvalue weighted by Crippen LogP contribution is 2.15. The number of aliphatic hydroxyl groups is 1. The SMILES string of the molecule is CCCC(CCO)CNCc1ccc2cnccc2c1. The van der Waals surface area contributed by atoms with Gasteiger partial charge in [0, 0.05) is 30.9 Å². The minimum Gasteiger partial charge on any atom is -0.396 e. The monoisotopic (exact) mass is 272 g/mol. The summed E-state index contributed by atoms with van der Waals surface area (Å²) in [6.07, 6.45) is 6.97. The second kappa shape index (κ2) is 7.98. The standard InChI is InChI=1S/C17H24N2O/c1-2-3-14(7-9-20)11-19-12-15-4-5-17-13-18-8-6-16(17)10-15/h4-6,8,10,13-14,19-20H,2-3,7,9,11-12H2,1H3. The Labute approximate surface area is 121 Å². The fourth-order valence-electron chi connectivity index (χ4n) is 2.60. The molecule has 0 aliphatic heterocycles. The molecular weight excluding hydrogens is 248 g/mol. The molecule has 0 saturated heterocycles. The van der Waals surface area contributed by atoms with Crippen molar-refractivity contribution < 1.29 is 5.11 Å². The molecule has 1 heterocycles. The van der Waals surface area contributed by atoms with Crippen LogP contribution in [-0.2, 0) is 6.54 Å². The Balaban J connectivity index is 1.88. The molecule has 0 spiro atoms. The molecule has 0 aliphatic carbocycles. The number of hydrogen-bond donors (Lipinski definition) is 2. The highest BCUT2D eigenvalue weighted by molar-refractivity contribution is 5.81. The van der Waals surface area contributed by atoms with Gasteiger partial charge in [0.15, 0.2) is 0 Å². The summed E-state index contributed by atoms with van der Waals surface area (Å²) in [5, 5.41) is 15.0. The molecule has 2 N–H and O–H groups in total. The number of fused-ring (bicyclic) bond motifs is 1. The van der Waals surface area contributed by atoms with E-state index in [1.165, 1.54) is 29.2 Å². The van der Waals surface area contributed by atoms with Crippen LogP contribution in [0, 0.1) is 5.92 Å². The van der Waals surface area contributed by atoms with Crippen molar-refractivity contribution in [3.8, 4) is 0 Å². The van der Waals surface area contributed by atoms with Crippen LogP contribution in [0.5, 0.6) is 0 Å². The van der Waals surface area contributed by atoms with Crippen LogP contribution >= 0.6 is 0 Å². The van der Waals surface area contributed by atoms with Gasteiger partial charge in [-0.15, -0.1) is 0 Å². The number of aliphatic hydroxyl groups excluding tert-OH is 1. The van der Waals surface area contributed by atoms with E-state index < -0.39 is 0 Å². The van der Waals surface area contributed by atoms with Crippen molar-refractivity contribution in [3.05, 3.63) is 42.2 Å². The van der Waals surface area contributed by atoms with E-state index in [0.717, 1.165) is 19.5 Å². The smallest absolute Gasteiger partial charge is 0.0434 e.